The highest BCUT2D eigenvalue weighted by Crippen LogP contribution is 2.39. The molecule has 3 aliphatic heterocycles. The molecule has 5 heterocycles. The van der Waals surface area contributed by atoms with Crippen molar-refractivity contribution in [3.8, 4) is 33.9 Å². The molecule has 8 heteroatoms. The summed E-state index contributed by atoms with van der Waals surface area (Å²) in [5, 5.41) is 27.8. The number of fused-ring (bicyclic) bond motifs is 3. The van der Waals surface area contributed by atoms with Crippen LogP contribution in [-0.2, 0) is 7.05 Å². The zero-order valence-electron chi connectivity index (χ0n) is 18.2. The lowest BCUT2D eigenvalue weighted by molar-refractivity contribution is 0.319. The first-order chi connectivity index (χ1) is 15.6. The molecule has 2 N–H and O–H groups in total. The summed E-state index contributed by atoms with van der Waals surface area (Å²) < 4.78 is 7.83. The molecule has 0 amide bonds. The smallest absolute Gasteiger partial charge is 0.194 e. The number of phenolic OH excluding ortho intramolecular Hbond substituents is 1. The number of aromatic hydroxyl groups is 1. The van der Waals surface area contributed by atoms with Crippen molar-refractivity contribution in [3.63, 3.8) is 0 Å². The molecule has 32 heavy (non-hydrogen) atoms. The second-order valence-corrected chi connectivity index (χ2v) is 9.21. The first-order valence-corrected chi connectivity index (χ1v) is 11.5. The van der Waals surface area contributed by atoms with Crippen molar-refractivity contribution in [1.82, 2.24) is 25.3 Å². The van der Waals surface area contributed by atoms with Crippen LogP contribution in [0.5, 0.6) is 11.5 Å². The van der Waals surface area contributed by atoms with Gasteiger partial charge < -0.3 is 20.1 Å². The van der Waals surface area contributed by atoms with E-state index in [2.05, 4.69) is 25.5 Å². The maximum atomic E-state index is 10.7. The second-order valence-electron chi connectivity index (χ2n) is 9.21. The predicted octanol–water partition coefficient (Wildman–Crippen LogP) is 3.12. The Kier molecular flexibility index (Phi) is 4.75. The van der Waals surface area contributed by atoms with Gasteiger partial charge in [-0.15, -0.1) is 10.2 Å². The monoisotopic (exact) mass is 432 g/mol. The maximum Gasteiger partial charge on any atom is 0.194 e. The van der Waals surface area contributed by atoms with Gasteiger partial charge in [-0.1, -0.05) is 6.07 Å². The van der Waals surface area contributed by atoms with Gasteiger partial charge in [0.05, 0.1) is 12.8 Å². The summed E-state index contributed by atoms with van der Waals surface area (Å²) in [6.07, 6.45) is 9.52. The van der Waals surface area contributed by atoms with Crippen LogP contribution in [0.1, 0.15) is 32.1 Å². The highest BCUT2D eigenvalue weighted by molar-refractivity contribution is 5.75. The molecule has 2 unspecified atom stereocenters. The Hall–Kier alpha value is -3.13. The van der Waals surface area contributed by atoms with Crippen LogP contribution in [0, 0.1) is 0 Å². The maximum absolute atomic E-state index is 10.7. The Morgan fingerprint density at radius 3 is 2.69 bits per heavy atom. The van der Waals surface area contributed by atoms with Gasteiger partial charge in [-0.25, -0.2) is 0 Å². The quantitative estimate of drug-likeness (QED) is 0.657. The molecule has 6 rings (SSSR count). The minimum Gasteiger partial charge on any atom is -0.507 e. The number of hydrogen-bond acceptors (Lipinski definition) is 7. The van der Waals surface area contributed by atoms with E-state index in [0.717, 1.165) is 48.5 Å². The van der Waals surface area contributed by atoms with Gasteiger partial charge >= 0.3 is 0 Å². The molecular weight excluding hydrogens is 404 g/mol. The fraction of sp³-hybridized carbons (Fsp3) is 0.458. The van der Waals surface area contributed by atoms with Gasteiger partial charge in [0.25, 0.3) is 0 Å². The van der Waals surface area contributed by atoms with Crippen molar-refractivity contribution < 1.29 is 9.84 Å². The predicted molar refractivity (Wildman–Crippen MR) is 122 cm³/mol. The van der Waals surface area contributed by atoms with Crippen LogP contribution in [0.2, 0.25) is 0 Å². The van der Waals surface area contributed by atoms with Crippen molar-refractivity contribution in [2.75, 3.05) is 18.1 Å². The molecule has 8 nitrogen and oxygen atoms in total. The lowest BCUT2D eigenvalue weighted by Crippen LogP contribution is -2.48. The van der Waals surface area contributed by atoms with Crippen molar-refractivity contribution in [1.29, 1.82) is 0 Å². The molecule has 2 saturated heterocycles. The molecule has 3 aromatic rings. The van der Waals surface area contributed by atoms with E-state index < -0.39 is 0 Å². The highest BCUT2D eigenvalue weighted by atomic mass is 16.5. The van der Waals surface area contributed by atoms with Gasteiger partial charge in [0.1, 0.15) is 11.4 Å². The van der Waals surface area contributed by atoms with E-state index in [4.69, 9.17) is 4.74 Å². The van der Waals surface area contributed by atoms with Gasteiger partial charge in [-0.2, -0.15) is 5.10 Å². The third-order valence-corrected chi connectivity index (χ3v) is 7.01. The number of piperidine rings is 1. The summed E-state index contributed by atoms with van der Waals surface area (Å²) in [5.41, 5.74) is 3.13. The number of nitrogens with zero attached hydrogens (tertiary/aromatic N) is 5. The minimum absolute atomic E-state index is 0.168. The van der Waals surface area contributed by atoms with E-state index in [1.54, 1.807) is 16.9 Å². The summed E-state index contributed by atoms with van der Waals surface area (Å²) in [6.45, 7) is 1.61. The summed E-state index contributed by atoms with van der Waals surface area (Å²) in [7, 11) is 1.88. The fourth-order valence-electron chi connectivity index (χ4n) is 5.46. The average Bonchev–Trinajstić information content (AvgIpc) is 3.30. The third kappa shape index (κ3) is 3.48. The van der Waals surface area contributed by atoms with Gasteiger partial charge in [-0.05, 0) is 49.8 Å². The number of rotatable bonds is 3. The number of aromatic nitrogens is 4. The van der Waals surface area contributed by atoms with E-state index in [1.807, 2.05) is 31.4 Å². The van der Waals surface area contributed by atoms with E-state index in [9.17, 15) is 5.11 Å². The number of aryl methyl sites for hydroxylation is 1. The Morgan fingerprint density at radius 1 is 1.09 bits per heavy atom. The molecule has 0 radical (unpaired) electrons. The number of benzene rings is 1. The highest BCUT2D eigenvalue weighted by Gasteiger charge is 2.37. The molecule has 0 saturated carbocycles. The van der Waals surface area contributed by atoms with Gasteiger partial charge in [0.2, 0.25) is 0 Å². The first-order valence-electron chi connectivity index (χ1n) is 11.5. The van der Waals surface area contributed by atoms with Crippen LogP contribution in [0.3, 0.4) is 0 Å². The topological polar surface area (TPSA) is 88.3 Å². The van der Waals surface area contributed by atoms with Crippen LogP contribution >= 0.6 is 0 Å². The number of ether oxygens (including phenoxy) is 1. The molecule has 2 fully saturated rings. The first kappa shape index (κ1) is 19.5. The van der Waals surface area contributed by atoms with Crippen molar-refractivity contribution in [2.24, 2.45) is 7.05 Å². The molecule has 2 aromatic heterocycles. The molecule has 3 aliphatic rings. The Bertz CT molecular complexity index is 1130. The third-order valence-electron chi connectivity index (χ3n) is 7.01. The number of phenols is 1. The summed E-state index contributed by atoms with van der Waals surface area (Å²) in [6, 6.07) is 9.24. The standard InChI is InChI=1S/C24H28N6O2/c1-29-14-16(13-25-29)15-3-6-20(22(31)9-15)21-12-23-24(28-27-21)30(7-2-8-32-23)19-10-17-4-5-18(11-19)26-17/h3,6,9,12-14,17-19,26,31H,2,4-5,7-8,10-11H2,1H3. The molecular formula is C24H28N6O2. The largest absolute Gasteiger partial charge is 0.507 e. The lowest BCUT2D eigenvalue weighted by Gasteiger charge is -2.37. The van der Waals surface area contributed by atoms with Gasteiger partial charge in [0, 0.05) is 55.1 Å². The van der Waals surface area contributed by atoms with Crippen LogP contribution in [0.25, 0.3) is 22.4 Å². The SMILES string of the molecule is Cn1cc(-c2ccc(-c3cc4c(nn3)N(C3CC5CCC(C3)N5)CCCO4)c(O)c2)cn1. The minimum atomic E-state index is 0.168. The van der Waals surface area contributed by atoms with E-state index in [-0.39, 0.29) is 5.75 Å². The van der Waals surface area contributed by atoms with Gasteiger partial charge in [-0.3, -0.25) is 4.68 Å². The zero-order valence-corrected chi connectivity index (χ0v) is 18.2. The Labute approximate surface area is 187 Å². The molecule has 0 spiro atoms. The van der Waals surface area contributed by atoms with Crippen LogP contribution in [0.15, 0.2) is 36.7 Å². The van der Waals surface area contributed by atoms with Crippen molar-refractivity contribution >= 4 is 5.82 Å². The molecule has 0 aliphatic carbocycles. The van der Waals surface area contributed by atoms with Crippen LogP contribution < -0.4 is 15.0 Å². The van der Waals surface area contributed by atoms with E-state index in [1.165, 1.54) is 12.8 Å². The number of anilines is 1. The van der Waals surface area contributed by atoms with Crippen LogP contribution in [-0.4, -0.2) is 56.4 Å². The molecule has 2 bridgehead atoms. The molecule has 1 aromatic carbocycles. The summed E-state index contributed by atoms with van der Waals surface area (Å²) >= 11 is 0. The van der Waals surface area contributed by atoms with Crippen molar-refractivity contribution in [2.45, 2.75) is 50.2 Å². The summed E-state index contributed by atoms with van der Waals surface area (Å²) in [4.78, 5) is 2.41. The van der Waals surface area contributed by atoms with Crippen molar-refractivity contribution in [3.05, 3.63) is 36.7 Å². The Morgan fingerprint density at radius 2 is 1.94 bits per heavy atom. The molecule has 166 valence electrons. The number of nitrogens with one attached hydrogen (secondary N) is 1. The van der Waals surface area contributed by atoms with Gasteiger partial charge in [0.15, 0.2) is 11.6 Å². The second kappa shape index (κ2) is 7.78. The van der Waals surface area contributed by atoms with E-state index >= 15 is 0 Å². The van der Waals surface area contributed by atoms with Crippen LogP contribution in [0.4, 0.5) is 5.82 Å². The molecule has 2 atom stereocenters. The summed E-state index contributed by atoms with van der Waals surface area (Å²) in [5.74, 6) is 1.76. The Balaban J connectivity index is 1.31. The number of hydrogen-bond donors (Lipinski definition) is 2. The average molecular weight is 433 g/mol. The zero-order chi connectivity index (χ0) is 21.7. The van der Waals surface area contributed by atoms with E-state index in [0.29, 0.717) is 36.0 Å². The normalized spacial score (nSPS) is 24.7. The lowest BCUT2D eigenvalue weighted by atomic mass is 9.98. The fourth-order valence-corrected chi connectivity index (χ4v) is 5.46.